The summed E-state index contributed by atoms with van der Waals surface area (Å²) in [5, 5.41) is 0. The summed E-state index contributed by atoms with van der Waals surface area (Å²) >= 11 is 0. The Labute approximate surface area is 46.9 Å². The van der Waals surface area contributed by atoms with Gasteiger partial charge in [-0.3, -0.25) is 0 Å². The third-order valence-corrected chi connectivity index (χ3v) is 0.816. The van der Waals surface area contributed by atoms with Gasteiger partial charge in [0.15, 0.2) is 0 Å². The fraction of sp³-hybridized carbons (Fsp3) is 0.400. The summed E-state index contributed by atoms with van der Waals surface area (Å²) in [7, 11) is 4.80. The molecule has 0 saturated carbocycles. The molecule has 36 valence electrons. The molecule has 0 atom stereocenters. The number of hydrogen-bond donors (Lipinski definition) is 0. The van der Waals surface area contributed by atoms with Crippen molar-refractivity contribution in [1.82, 2.24) is 0 Å². The van der Waals surface area contributed by atoms with Crippen LogP contribution < -0.4 is 0 Å². The maximum absolute atomic E-state index is 3.60. The summed E-state index contributed by atoms with van der Waals surface area (Å²) < 4.78 is 0. The first-order chi connectivity index (χ1) is 3.41. The van der Waals surface area contributed by atoms with E-state index in [-0.39, 0.29) is 0 Å². The van der Waals surface area contributed by atoms with E-state index in [4.69, 9.17) is 0 Å². The van der Waals surface area contributed by atoms with Crippen molar-refractivity contribution >= 4 is 20.7 Å². The first kappa shape index (κ1) is 6.74. The van der Waals surface area contributed by atoms with Crippen LogP contribution in [0.25, 0.3) is 0 Å². The Morgan fingerprint density at radius 2 is 2.29 bits per heavy atom. The van der Waals surface area contributed by atoms with Gasteiger partial charge in [0, 0.05) is 0 Å². The second kappa shape index (κ2) is 5.74. The molecule has 0 N–H and O–H groups in total. The molecule has 0 saturated heterocycles. The summed E-state index contributed by atoms with van der Waals surface area (Å²) in [6, 6.07) is 0. The summed E-state index contributed by atoms with van der Waals surface area (Å²) in [6.07, 6.45) is 4.17. The van der Waals surface area contributed by atoms with Gasteiger partial charge in [-0.05, 0) is 0 Å². The topological polar surface area (TPSA) is 0 Å². The number of hydrogen-bond acceptors (Lipinski definition) is 0. The van der Waals surface area contributed by atoms with Crippen LogP contribution in [0, 0.1) is 0 Å². The van der Waals surface area contributed by atoms with Crippen LogP contribution in [0.15, 0.2) is 12.7 Å². The van der Waals surface area contributed by atoms with Gasteiger partial charge in [0.25, 0.3) is 0 Å². The monoisotopic (exact) mass is 92.1 g/mol. The Kier molecular flexibility index (Phi) is 5.53. The molecular weight excluding hydrogens is 81.7 g/mol. The van der Waals surface area contributed by atoms with E-state index in [0.717, 1.165) is 12.6 Å². The third-order valence-electron chi connectivity index (χ3n) is 0.816. The second-order valence-corrected chi connectivity index (χ2v) is 1.51. The average molecular weight is 91.8 g/mol. The van der Waals surface area contributed by atoms with Crippen LogP contribution in [0.5, 0.6) is 0 Å². The summed E-state index contributed by atoms with van der Waals surface area (Å²) in [5.41, 5.74) is 0. The number of allylic oxidation sites excluding steroid dienone is 1. The van der Waals surface area contributed by atoms with E-state index in [1.807, 2.05) is 12.0 Å². The van der Waals surface area contributed by atoms with E-state index in [0.29, 0.717) is 0 Å². The molecule has 0 rings (SSSR count). The molecular formula is C5H10B2. The molecule has 0 aromatic rings. The molecule has 0 heterocycles. The van der Waals surface area contributed by atoms with Gasteiger partial charge in [0.2, 0.25) is 0 Å². The predicted molar refractivity (Wildman–Crippen MR) is 40.2 cm³/mol. The first-order valence-electron chi connectivity index (χ1n) is 2.63. The van der Waals surface area contributed by atoms with E-state index in [1.54, 1.807) is 0 Å². The molecule has 0 aliphatic carbocycles. The normalized spacial score (nSPS) is 7.29. The molecule has 0 bridgehead atoms. The van der Waals surface area contributed by atoms with Gasteiger partial charge in [0.1, 0.15) is 0 Å². The van der Waals surface area contributed by atoms with E-state index in [2.05, 4.69) is 14.1 Å². The molecule has 0 aromatic heterocycles. The second-order valence-electron chi connectivity index (χ2n) is 1.51. The quantitative estimate of drug-likeness (QED) is 0.263. The number of rotatable bonds is 4. The Hall–Kier alpha value is -0.260. The van der Waals surface area contributed by atoms with Crippen molar-refractivity contribution in [2.75, 3.05) is 0 Å². The van der Waals surface area contributed by atoms with Crippen molar-refractivity contribution in [2.24, 2.45) is 0 Å². The fourth-order valence-electron chi connectivity index (χ4n) is 0.407. The van der Waals surface area contributed by atoms with Crippen molar-refractivity contribution in [2.45, 2.75) is 12.6 Å². The van der Waals surface area contributed by atoms with E-state index < -0.39 is 0 Å². The molecule has 0 nitrogen and oxygen atoms in total. The van der Waals surface area contributed by atoms with Gasteiger partial charge < -0.3 is 0 Å². The zero-order chi connectivity index (χ0) is 5.54. The van der Waals surface area contributed by atoms with Crippen LogP contribution >= 0.6 is 0 Å². The van der Waals surface area contributed by atoms with Crippen molar-refractivity contribution in [3.63, 3.8) is 0 Å². The van der Waals surface area contributed by atoms with Gasteiger partial charge in [-0.25, -0.2) is 0 Å². The summed E-state index contributed by atoms with van der Waals surface area (Å²) in [5.74, 6) is 1.93. The molecule has 0 fully saturated rings. The van der Waals surface area contributed by atoms with Crippen molar-refractivity contribution in [3.8, 4) is 0 Å². The zero-order valence-corrected chi connectivity index (χ0v) is 4.69. The summed E-state index contributed by atoms with van der Waals surface area (Å²) in [6.45, 7) is 3.60. The van der Waals surface area contributed by atoms with Gasteiger partial charge in [0.05, 0.1) is 0 Å². The SMILES string of the molecule is B=CCBCC=C. The van der Waals surface area contributed by atoms with Gasteiger partial charge in [-0.2, -0.15) is 0 Å². The Bertz CT molecular complexity index is 51.1. The molecule has 0 spiro atoms. The first-order valence-corrected chi connectivity index (χ1v) is 2.63. The van der Waals surface area contributed by atoms with Crippen LogP contribution in [0.4, 0.5) is 0 Å². The molecule has 7 heavy (non-hydrogen) atoms. The van der Waals surface area contributed by atoms with Crippen LogP contribution in [-0.2, 0) is 0 Å². The van der Waals surface area contributed by atoms with Crippen molar-refractivity contribution in [1.29, 1.82) is 0 Å². The van der Waals surface area contributed by atoms with Crippen LogP contribution in [0.1, 0.15) is 0 Å². The predicted octanol–water partition coefficient (Wildman–Crippen LogP) is 0.148. The van der Waals surface area contributed by atoms with Crippen molar-refractivity contribution in [3.05, 3.63) is 12.7 Å². The van der Waals surface area contributed by atoms with Gasteiger partial charge in [-0.1, -0.05) is 0 Å². The van der Waals surface area contributed by atoms with Gasteiger partial charge >= 0.3 is 46.0 Å². The molecule has 2 heteroatoms. The molecule has 0 aromatic carbocycles. The maximum atomic E-state index is 3.60. The Morgan fingerprint density at radius 3 is 2.71 bits per heavy atom. The van der Waals surface area contributed by atoms with E-state index >= 15 is 0 Å². The summed E-state index contributed by atoms with van der Waals surface area (Å²) in [4.78, 5) is 0. The molecule has 0 aliphatic rings. The van der Waals surface area contributed by atoms with Crippen LogP contribution in [-0.4, -0.2) is 20.7 Å². The standard InChI is InChI=1S/C5H10B2/c1-2-4-7-5-3-6/h2-3,6-7H,1,4-5H2. The van der Waals surface area contributed by atoms with Crippen LogP contribution in [0.2, 0.25) is 12.6 Å². The molecule has 0 aliphatic heterocycles. The minimum absolute atomic E-state index is 1.12. The van der Waals surface area contributed by atoms with E-state index in [1.165, 1.54) is 7.28 Å². The van der Waals surface area contributed by atoms with Crippen molar-refractivity contribution < 1.29 is 0 Å². The van der Waals surface area contributed by atoms with Gasteiger partial charge in [-0.15, -0.1) is 0 Å². The fourth-order valence-corrected chi connectivity index (χ4v) is 0.407. The third kappa shape index (κ3) is 5.74. The zero-order valence-electron chi connectivity index (χ0n) is 4.69. The molecule has 0 radical (unpaired) electrons. The Morgan fingerprint density at radius 1 is 1.57 bits per heavy atom. The van der Waals surface area contributed by atoms with E-state index in [9.17, 15) is 0 Å². The molecule has 0 amide bonds. The minimum atomic E-state index is 1.12. The molecule has 0 unspecified atom stereocenters. The van der Waals surface area contributed by atoms with Crippen LogP contribution in [0.3, 0.4) is 0 Å². The Balaban J connectivity index is 2.68. The average Bonchev–Trinajstić information content (AvgIpc) is 1.69.